The van der Waals surface area contributed by atoms with Crippen LogP contribution in [0.4, 0.5) is 16.2 Å². The van der Waals surface area contributed by atoms with Crippen LogP contribution in [0.15, 0.2) is 121 Å². The van der Waals surface area contributed by atoms with Crippen LogP contribution in [0.5, 0.6) is 0 Å². The van der Waals surface area contributed by atoms with Gasteiger partial charge in [-0.1, -0.05) is 6.07 Å². The zero-order valence-corrected chi connectivity index (χ0v) is 32.6. The summed E-state index contributed by atoms with van der Waals surface area (Å²) < 4.78 is 147. The maximum atomic E-state index is 15.3. The average molecular weight is 876 g/mol. The second-order valence-corrected chi connectivity index (χ2v) is 18.7. The maximum Gasteiger partial charge on any atom is 0.372 e. The molecule has 0 spiro atoms. The molecule has 4 amide bonds. The molecule has 0 saturated heterocycles. The van der Waals surface area contributed by atoms with Gasteiger partial charge < -0.3 is 20.2 Å². The van der Waals surface area contributed by atoms with Gasteiger partial charge >= 0.3 is 32.2 Å². The minimum Gasteiger partial charge on any atom is -0.357 e. The van der Waals surface area contributed by atoms with Crippen LogP contribution < -0.4 is 15.1 Å². The Hall–Kier alpha value is -5.90. The van der Waals surface area contributed by atoms with Gasteiger partial charge in [-0.05, 0) is 60.2 Å². The molecular formula is C33H27N6O15S4+. The Kier molecular flexibility index (Phi) is 9.26. The standard InChI is InChI=1S/C33H26N6O15S4/c1-38-10-4-6-25(38)32(41)39(2)26-15-19-20(28(30(26)58(52,53)54)37-31(40)22-5-3-9-34-22)11-16(55(43,44)45)14-24(19)36-33(42)35-23-13-17(56(46,47)48)12-21-18(23)7-8-27(29(21)39)57(49,50)51/h3-15,24H,1-2H3,(H6-,34,35,36,40,42,43,44,45,46,47,48,49,50,51,52,53,54)/p+1. The van der Waals surface area contributed by atoms with Crippen molar-refractivity contribution in [2.75, 3.05) is 12.4 Å². The van der Waals surface area contributed by atoms with Gasteiger partial charge in [0.2, 0.25) is 0 Å². The molecule has 6 bridgehead atoms. The van der Waals surface area contributed by atoms with E-state index in [-0.39, 0.29) is 22.3 Å². The fourth-order valence-electron chi connectivity index (χ4n) is 6.97. The number of aliphatic imine (C=N–C) groups is 1. The predicted octanol–water partition coefficient (Wildman–Crippen LogP) is 2.31. The molecular weight excluding hydrogens is 849 g/mol. The van der Waals surface area contributed by atoms with Gasteiger partial charge in [-0.15, -0.1) is 0 Å². The average Bonchev–Trinajstić information content (AvgIpc) is 3.80. The molecule has 2 atom stereocenters. The van der Waals surface area contributed by atoms with Gasteiger partial charge in [0.1, 0.15) is 17.1 Å². The topological polar surface area (TPSA) is 326 Å². The Morgan fingerprint density at radius 3 is 2.12 bits per heavy atom. The zero-order valence-electron chi connectivity index (χ0n) is 29.3. The second kappa shape index (κ2) is 13.3. The van der Waals surface area contributed by atoms with Gasteiger partial charge in [-0.2, -0.15) is 38.2 Å². The first-order valence-corrected chi connectivity index (χ1v) is 21.9. The molecule has 0 radical (unpaired) electrons. The number of rotatable bonds is 6. The van der Waals surface area contributed by atoms with E-state index in [1.807, 2.05) is 0 Å². The zero-order chi connectivity index (χ0) is 42.5. The SMILES string of the molecule is Cn1cccc1C(=O)[N+]1(C)C2=C(S(=O)(=O)O)C(=NC(=O)c3ccc[nH]3)C3=CC(S(=O)(=O)O)=CC(NC(=O)Nc4cc(S(=O)(=O)O)cc5c1c(S(=O)(=O)O)ccc45)C3=C2. The summed E-state index contributed by atoms with van der Waals surface area (Å²) in [7, 11) is -19.6. The molecule has 58 heavy (non-hydrogen) atoms. The highest BCUT2D eigenvalue weighted by molar-refractivity contribution is 7.91. The Bertz CT molecular complexity index is 3190. The number of benzene rings is 2. The molecule has 0 saturated carbocycles. The lowest BCUT2D eigenvalue weighted by molar-refractivity contribution is 0.0833. The summed E-state index contributed by atoms with van der Waals surface area (Å²) in [6, 6.07) is 5.30. The number of nitrogens with one attached hydrogen (secondary N) is 3. The van der Waals surface area contributed by atoms with E-state index in [0.29, 0.717) is 12.1 Å². The number of hydrogen-bond donors (Lipinski definition) is 7. The highest BCUT2D eigenvalue weighted by Crippen LogP contribution is 2.48. The number of nitrogens with zero attached hydrogens (tertiary/aromatic N) is 3. The fraction of sp³-hybridized carbons (Fsp3) is 0.0909. The van der Waals surface area contributed by atoms with Gasteiger partial charge in [0.15, 0.2) is 21.2 Å². The smallest absolute Gasteiger partial charge is 0.357 e. The number of anilines is 1. The summed E-state index contributed by atoms with van der Waals surface area (Å²) in [4.78, 5) is 44.6. The number of hydrogen-bond acceptors (Lipinski definition) is 11. The van der Waals surface area contributed by atoms with Gasteiger partial charge in [0.05, 0.1) is 28.6 Å². The van der Waals surface area contributed by atoms with Crippen molar-refractivity contribution in [3.8, 4) is 0 Å². The number of H-pyrrole nitrogens is 1. The van der Waals surface area contributed by atoms with Crippen LogP contribution >= 0.6 is 0 Å². The van der Waals surface area contributed by atoms with Crippen molar-refractivity contribution in [1.29, 1.82) is 0 Å². The van der Waals surface area contributed by atoms with E-state index in [2.05, 4.69) is 20.6 Å². The molecule has 302 valence electrons. The fourth-order valence-corrected chi connectivity index (χ4v) is 9.76. The van der Waals surface area contributed by atoms with Gasteiger partial charge in [-0.25, -0.2) is 14.6 Å². The molecule has 21 nitrogen and oxygen atoms in total. The number of amides is 4. The molecule has 7 rings (SSSR count). The first kappa shape index (κ1) is 40.3. The largest absolute Gasteiger partial charge is 0.372 e. The number of quaternary nitrogens is 1. The van der Waals surface area contributed by atoms with E-state index in [1.165, 1.54) is 48.3 Å². The number of aromatic amines is 1. The Morgan fingerprint density at radius 2 is 1.55 bits per heavy atom. The molecule has 2 aromatic heterocycles. The van der Waals surface area contributed by atoms with Crippen molar-refractivity contribution >= 4 is 86.2 Å². The minimum atomic E-state index is -5.86. The Balaban J connectivity index is 1.81. The van der Waals surface area contributed by atoms with Crippen LogP contribution in [0.3, 0.4) is 0 Å². The number of fused-ring (bicyclic) bond motifs is 1. The van der Waals surface area contributed by atoms with E-state index in [9.17, 15) is 61.5 Å². The molecule has 1 aliphatic heterocycles. The lowest BCUT2D eigenvalue weighted by Crippen LogP contribution is -2.53. The third-order valence-corrected chi connectivity index (χ3v) is 13.0. The summed E-state index contributed by atoms with van der Waals surface area (Å²) in [5.41, 5.74) is -4.99. The van der Waals surface area contributed by atoms with Crippen LogP contribution in [0.2, 0.25) is 0 Å². The monoisotopic (exact) mass is 875 g/mol. The quantitative estimate of drug-likeness (QED) is 0.108. The van der Waals surface area contributed by atoms with Gasteiger partial charge in [0, 0.05) is 41.9 Å². The number of likely N-dealkylation sites (N-methyl/N-ethyl adjacent to an activating group) is 1. The highest BCUT2D eigenvalue weighted by atomic mass is 32.2. The van der Waals surface area contributed by atoms with Gasteiger partial charge in [-0.3, -0.25) is 23.0 Å². The molecule has 3 heterocycles. The Labute approximate surface area is 328 Å². The first-order chi connectivity index (χ1) is 26.8. The number of aryl methyl sites for hydroxylation is 1. The summed E-state index contributed by atoms with van der Waals surface area (Å²) in [5, 5.41) is 3.82. The normalized spacial score (nSPS) is 20.7. The van der Waals surface area contributed by atoms with Crippen LogP contribution in [-0.2, 0) is 47.5 Å². The lowest BCUT2D eigenvalue weighted by atomic mass is 9.84. The summed E-state index contributed by atoms with van der Waals surface area (Å²) >= 11 is 0. The van der Waals surface area contributed by atoms with E-state index < -0.39 is 122 Å². The molecule has 2 aromatic carbocycles. The molecule has 3 aliphatic rings. The molecule has 2 unspecified atom stereocenters. The molecule has 0 fully saturated rings. The molecule has 2 aliphatic carbocycles. The highest BCUT2D eigenvalue weighted by Gasteiger charge is 2.52. The number of urea groups is 1. The van der Waals surface area contributed by atoms with E-state index in [0.717, 1.165) is 37.4 Å². The summed E-state index contributed by atoms with van der Waals surface area (Å²) in [6.45, 7) is 0. The predicted molar refractivity (Wildman–Crippen MR) is 204 cm³/mol. The van der Waals surface area contributed by atoms with Crippen molar-refractivity contribution in [3.05, 3.63) is 117 Å². The third kappa shape index (κ3) is 6.72. The summed E-state index contributed by atoms with van der Waals surface area (Å²) in [5.74, 6) is -2.49. The van der Waals surface area contributed by atoms with E-state index >= 15 is 4.79 Å². The van der Waals surface area contributed by atoms with Crippen LogP contribution in [0.1, 0.15) is 21.0 Å². The van der Waals surface area contributed by atoms with Gasteiger partial charge in [0.25, 0.3) is 26.1 Å². The van der Waals surface area contributed by atoms with Crippen LogP contribution in [0, 0.1) is 0 Å². The lowest BCUT2D eigenvalue weighted by Gasteiger charge is -2.38. The van der Waals surface area contributed by atoms with Crippen molar-refractivity contribution in [3.63, 3.8) is 0 Å². The van der Waals surface area contributed by atoms with Crippen molar-refractivity contribution in [2.45, 2.75) is 15.8 Å². The molecule has 7 N–H and O–H groups in total. The van der Waals surface area contributed by atoms with E-state index in [1.54, 1.807) is 0 Å². The van der Waals surface area contributed by atoms with Crippen LogP contribution in [0.25, 0.3) is 10.8 Å². The minimum absolute atomic E-state index is 0.280. The van der Waals surface area contributed by atoms with Crippen molar-refractivity contribution < 1.29 is 66.3 Å². The number of carbonyl (C=O) groups excluding carboxylic acids is 3. The van der Waals surface area contributed by atoms with Crippen molar-refractivity contribution in [2.24, 2.45) is 12.0 Å². The van der Waals surface area contributed by atoms with Crippen molar-refractivity contribution in [1.82, 2.24) is 19.4 Å². The third-order valence-electron chi connectivity index (χ3n) is 9.51. The number of aromatic nitrogens is 2. The van der Waals surface area contributed by atoms with E-state index in [4.69, 9.17) is 0 Å². The number of carbonyl (C=O) groups is 3. The van der Waals surface area contributed by atoms with Crippen LogP contribution in [-0.4, -0.2) is 98.1 Å². The second-order valence-electron chi connectivity index (χ2n) is 13.1. The number of allylic oxidation sites excluding steroid dienone is 3. The Morgan fingerprint density at radius 1 is 0.845 bits per heavy atom. The molecule has 4 aromatic rings. The first-order valence-electron chi connectivity index (χ1n) is 16.1. The summed E-state index contributed by atoms with van der Waals surface area (Å²) in [6.07, 6.45) is 4.95. The maximum absolute atomic E-state index is 15.3. The molecule has 25 heteroatoms.